The lowest BCUT2D eigenvalue weighted by Crippen LogP contribution is -1.99. The third kappa shape index (κ3) is 5.94. The monoisotopic (exact) mass is 460 g/mol. The number of anilines is 5. The molecule has 32 heavy (non-hydrogen) atoms. The number of hydrogen-bond acceptors (Lipinski definition) is 8. The topological polar surface area (TPSA) is 73.9 Å². The Kier molecular flexibility index (Phi) is 7.50. The van der Waals surface area contributed by atoms with Gasteiger partial charge in [-0.3, -0.25) is 4.72 Å². The second kappa shape index (κ2) is 10.9. The van der Waals surface area contributed by atoms with E-state index < -0.39 is 0 Å². The van der Waals surface area contributed by atoms with E-state index in [0.717, 1.165) is 44.7 Å². The maximum Gasteiger partial charge on any atom is 0.135 e. The van der Waals surface area contributed by atoms with Crippen LogP contribution < -0.4 is 20.1 Å². The summed E-state index contributed by atoms with van der Waals surface area (Å²) in [5.41, 5.74) is 5.32. The fourth-order valence-electron chi connectivity index (χ4n) is 3.17. The summed E-state index contributed by atoms with van der Waals surface area (Å²) in [5, 5.41) is 6.72. The lowest BCUT2D eigenvalue weighted by molar-refractivity contribution is 1.16. The van der Waals surface area contributed by atoms with Gasteiger partial charge in [0.05, 0.1) is 0 Å². The van der Waals surface area contributed by atoms with Crippen molar-refractivity contribution in [3.8, 4) is 11.1 Å². The number of nitrogens with zero attached hydrogens (tertiary/aromatic N) is 2. The van der Waals surface area contributed by atoms with Crippen molar-refractivity contribution in [2.75, 3.05) is 28.7 Å². The van der Waals surface area contributed by atoms with Crippen LogP contribution in [0.5, 0.6) is 0 Å². The lowest BCUT2D eigenvalue weighted by atomic mass is 10.0. The summed E-state index contributed by atoms with van der Waals surface area (Å²) in [6, 6.07) is 26.7. The van der Waals surface area contributed by atoms with Crippen LogP contribution in [0.4, 0.5) is 28.7 Å². The SMILES string of the molecule is CNSc1cccc(Nc2cc(Nc3cccc(-c4ccc(NSC)cc4)c3)ncn2)c1. The lowest BCUT2D eigenvalue weighted by Gasteiger charge is -2.11. The molecule has 0 fully saturated rings. The quantitative estimate of drug-likeness (QED) is 0.210. The molecule has 1 aromatic heterocycles. The molecule has 1 heterocycles. The van der Waals surface area contributed by atoms with E-state index in [0.29, 0.717) is 0 Å². The molecule has 162 valence electrons. The summed E-state index contributed by atoms with van der Waals surface area (Å²) in [4.78, 5) is 9.84. The van der Waals surface area contributed by atoms with Gasteiger partial charge in [0.2, 0.25) is 0 Å². The Bertz CT molecular complexity index is 1170. The molecule has 4 aromatic rings. The highest BCUT2D eigenvalue weighted by atomic mass is 32.2. The standard InChI is InChI=1S/C24H24N6S2/c1-25-32-22-8-4-7-21(14-22)29-24-15-23(26-16-27-24)28-20-6-3-5-18(13-20)17-9-11-19(12-10-17)30-31-2/h3-16,25,30H,1-2H3,(H2,26,27,28,29). The summed E-state index contributed by atoms with van der Waals surface area (Å²) in [5.74, 6) is 1.45. The average Bonchev–Trinajstić information content (AvgIpc) is 2.81. The number of benzene rings is 3. The molecule has 0 aliphatic rings. The predicted molar refractivity (Wildman–Crippen MR) is 139 cm³/mol. The smallest absolute Gasteiger partial charge is 0.135 e. The van der Waals surface area contributed by atoms with Gasteiger partial charge in [-0.1, -0.05) is 42.3 Å². The number of hydrogen-bond donors (Lipinski definition) is 4. The van der Waals surface area contributed by atoms with Crippen LogP contribution >= 0.6 is 23.9 Å². The van der Waals surface area contributed by atoms with Crippen molar-refractivity contribution in [1.82, 2.24) is 14.7 Å². The van der Waals surface area contributed by atoms with Crippen LogP contribution in [0.15, 0.2) is 90.1 Å². The van der Waals surface area contributed by atoms with Gasteiger partial charge in [-0.15, -0.1) is 0 Å². The van der Waals surface area contributed by atoms with Gasteiger partial charge in [0.1, 0.15) is 18.0 Å². The molecule has 0 saturated heterocycles. The van der Waals surface area contributed by atoms with E-state index in [1.54, 1.807) is 30.2 Å². The minimum absolute atomic E-state index is 0.722. The molecule has 4 N–H and O–H groups in total. The minimum atomic E-state index is 0.722. The molecule has 6 nitrogen and oxygen atoms in total. The highest BCUT2D eigenvalue weighted by Gasteiger charge is 2.04. The Morgan fingerprint density at radius 3 is 2.06 bits per heavy atom. The molecule has 4 rings (SSSR count). The molecule has 3 aromatic carbocycles. The van der Waals surface area contributed by atoms with Crippen molar-refractivity contribution in [2.45, 2.75) is 4.90 Å². The summed E-state index contributed by atoms with van der Waals surface area (Å²) >= 11 is 3.15. The van der Waals surface area contributed by atoms with Gasteiger partial charge < -0.3 is 15.4 Å². The highest BCUT2D eigenvalue weighted by Crippen LogP contribution is 2.27. The van der Waals surface area contributed by atoms with Crippen molar-refractivity contribution in [3.63, 3.8) is 0 Å². The Hall–Kier alpha value is -3.20. The molecule has 0 radical (unpaired) electrons. The molecule has 0 spiro atoms. The minimum Gasteiger partial charge on any atom is -0.340 e. The van der Waals surface area contributed by atoms with Crippen LogP contribution in [-0.4, -0.2) is 23.3 Å². The predicted octanol–water partition coefficient (Wildman–Crippen LogP) is 6.55. The second-order valence-electron chi connectivity index (χ2n) is 6.84. The number of aromatic nitrogens is 2. The highest BCUT2D eigenvalue weighted by molar-refractivity contribution is 7.99. The Morgan fingerprint density at radius 2 is 1.38 bits per heavy atom. The Labute approximate surface area is 196 Å². The maximum atomic E-state index is 4.37. The fourth-order valence-corrected chi connectivity index (χ4v) is 4.11. The van der Waals surface area contributed by atoms with E-state index in [1.807, 2.05) is 43.6 Å². The zero-order valence-corrected chi connectivity index (χ0v) is 19.4. The molecule has 0 unspecified atom stereocenters. The van der Waals surface area contributed by atoms with E-state index >= 15 is 0 Å². The maximum absolute atomic E-state index is 4.37. The van der Waals surface area contributed by atoms with Crippen LogP contribution in [0.3, 0.4) is 0 Å². The van der Waals surface area contributed by atoms with Gasteiger partial charge in [-0.2, -0.15) is 0 Å². The van der Waals surface area contributed by atoms with Crippen LogP contribution in [0.25, 0.3) is 11.1 Å². The van der Waals surface area contributed by atoms with E-state index in [4.69, 9.17) is 0 Å². The molecule has 0 saturated carbocycles. The average molecular weight is 461 g/mol. The van der Waals surface area contributed by atoms with Crippen molar-refractivity contribution < 1.29 is 0 Å². The van der Waals surface area contributed by atoms with Gasteiger partial charge in [0.15, 0.2) is 0 Å². The first kappa shape index (κ1) is 22.0. The Balaban J connectivity index is 1.48. The first-order valence-electron chi connectivity index (χ1n) is 10.0. The van der Waals surface area contributed by atoms with Crippen LogP contribution in [0, 0.1) is 0 Å². The first-order valence-corrected chi connectivity index (χ1v) is 12.1. The molecule has 0 aliphatic carbocycles. The van der Waals surface area contributed by atoms with Crippen molar-refractivity contribution >= 4 is 52.6 Å². The summed E-state index contributed by atoms with van der Waals surface area (Å²) in [6.45, 7) is 0. The summed E-state index contributed by atoms with van der Waals surface area (Å²) in [6.07, 6.45) is 3.56. The van der Waals surface area contributed by atoms with Gasteiger partial charge in [-0.05, 0) is 72.6 Å². The van der Waals surface area contributed by atoms with Gasteiger partial charge in [0, 0.05) is 34.3 Å². The van der Waals surface area contributed by atoms with Gasteiger partial charge >= 0.3 is 0 Å². The number of rotatable bonds is 9. The Morgan fingerprint density at radius 1 is 0.688 bits per heavy atom. The molecular formula is C24H24N6S2. The molecule has 0 bridgehead atoms. The molecule has 8 heteroatoms. The van der Waals surface area contributed by atoms with Crippen molar-refractivity contribution in [2.24, 2.45) is 0 Å². The molecule has 0 amide bonds. The molecule has 0 atom stereocenters. The normalized spacial score (nSPS) is 10.6. The summed E-state index contributed by atoms with van der Waals surface area (Å²) in [7, 11) is 1.90. The third-order valence-electron chi connectivity index (χ3n) is 4.57. The van der Waals surface area contributed by atoms with E-state index in [1.165, 1.54) is 0 Å². The van der Waals surface area contributed by atoms with Crippen molar-refractivity contribution in [3.05, 3.63) is 85.2 Å². The molecular weight excluding hydrogens is 436 g/mol. The summed E-state index contributed by atoms with van der Waals surface area (Å²) < 4.78 is 6.33. The van der Waals surface area contributed by atoms with Crippen molar-refractivity contribution in [1.29, 1.82) is 0 Å². The van der Waals surface area contributed by atoms with Crippen LogP contribution in [0.1, 0.15) is 0 Å². The third-order valence-corrected chi connectivity index (χ3v) is 5.70. The molecule has 0 aliphatic heterocycles. The van der Waals surface area contributed by atoms with E-state index in [2.05, 4.69) is 78.6 Å². The largest absolute Gasteiger partial charge is 0.340 e. The second-order valence-corrected chi connectivity index (χ2v) is 8.53. The van der Waals surface area contributed by atoms with Gasteiger partial charge in [0.25, 0.3) is 0 Å². The zero-order chi connectivity index (χ0) is 22.2. The van der Waals surface area contributed by atoms with Gasteiger partial charge in [-0.25, -0.2) is 9.97 Å². The van der Waals surface area contributed by atoms with Crippen LogP contribution in [0.2, 0.25) is 0 Å². The van der Waals surface area contributed by atoms with E-state index in [-0.39, 0.29) is 0 Å². The zero-order valence-electron chi connectivity index (χ0n) is 17.8. The van der Waals surface area contributed by atoms with E-state index in [9.17, 15) is 0 Å². The number of nitrogens with one attached hydrogen (secondary N) is 4. The first-order chi connectivity index (χ1) is 15.7. The van der Waals surface area contributed by atoms with Crippen LogP contribution in [-0.2, 0) is 0 Å². The fraction of sp³-hybridized carbons (Fsp3) is 0.0833.